The molecule has 96 valence electrons. The molecular weight excluding hydrogens is 204 g/mol. The third-order valence-electron chi connectivity index (χ3n) is 3.08. The molecule has 0 heterocycles. The van der Waals surface area contributed by atoms with E-state index in [1.165, 1.54) is 38.5 Å². The second-order valence-corrected chi connectivity index (χ2v) is 4.39. The number of benzene rings is 1. The summed E-state index contributed by atoms with van der Waals surface area (Å²) in [6.07, 6.45) is 8.08. The highest BCUT2D eigenvalue weighted by Gasteiger charge is 2.09. The lowest BCUT2D eigenvalue weighted by Crippen LogP contribution is -1.98. The van der Waals surface area contributed by atoms with Crippen molar-refractivity contribution >= 4 is 0 Å². The first-order valence-corrected chi connectivity index (χ1v) is 6.93. The Morgan fingerprint density at radius 3 is 1.76 bits per heavy atom. The van der Waals surface area contributed by atoms with Crippen LogP contribution in [0.2, 0.25) is 0 Å². The molecule has 0 saturated carbocycles. The Hall–Kier alpha value is -1.04. The van der Waals surface area contributed by atoms with E-state index in [-0.39, 0.29) is 0 Å². The largest absolute Gasteiger partial charge is 0.106 e. The average Bonchev–Trinajstić information content (AvgIpc) is 2.42. The molecule has 0 spiro atoms. The lowest BCUT2D eigenvalue weighted by Gasteiger charge is -2.16. The standard InChI is InChI=1S/C15H24.C2H4/c1-3-5-10-14(11-6-4-2)15-12-8-7-9-13-15;1-2/h7-9,12-14H,3-6,10-11H2,1-2H3;1-2H2. The molecule has 0 bridgehead atoms. The van der Waals surface area contributed by atoms with Gasteiger partial charge >= 0.3 is 0 Å². The smallest absolute Gasteiger partial charge is 0.0162 e. The number of hydrogen-bond acceptors (Lipinski definition) is 0. The fourth-order valence-corrected chi connectivity index (χ4v) is 2.10. The molecule has 0 aliphatic rings. The Bertz CT molecular complexity index is 242. The Morgan fingerprint density at radius 1 is 0.882 bits per heavy atom. The fourth-order valence-electron chi connectivity index (χ4n) is 2.10. The second-order valence-electron chi connectivity index (χ2n) is 4.39. The molecule has 0 saturated heterocycles. The second kappa shape index (κ2) is 11.4. The van der Waals surface area contributed by atoms with Crippen LogP contribution in [0.15, 0.2) is 43.5 Å². The molecule has 0 N–H and O–H groups in total. The number of hydrogen-bond donors (Lipinski definition) is 0. The Labute approximate surface area is 108 Å². The third kappa shape index (κ3) is 6.99. The van der Waals surface area contributed by atoms with Crippen LogP contribution < -0.4 is 0 Å². The molecule has 0 heteroatoms. The zero-order valence-electron chi connectivity index (χ0n) is 11.6. The van der Waals surface area contributed by atoms with E-state index in [1.54, 1.807) is 5.56 Å². The molecule has 1 aromatic rings. The van der Waals surface area contributed by atoms with E-state index in [4.69, 9.17) is 0 Å². The maximum absolute atomic E-state index is 3.00. The van der Waals surface area contributed by atoms with Crippen molar-refractivity contribution in [2.45, 2.75) is 58.3 Å². The number of unbranched alkanes of at least 4 members (excludes halogenated alkanes) is 2. The maximum atomic E-state index is 3.00. The van der Waals surface area contributed by atoms with E-state index in [9.17, 15) is 0 Å². The summed E-state index contributed by atoms with van der Waals surface area (Å²) < 4.78 is 0. The van der Waals surface area contributed by atoms with Crippen molar-refractivity contribution in [3.05, 3.63) is 49.1 Å². The summed E-state index contributed by atoms with van der Waals surface area (Å²) in [5, 5.41) is 0. The van der Waals surface area contributed by atoms with Gasteiger partial charge in [0.25, 0.3) is 0 Å². The van der Waals surface area contributed by atoms with Crippen LogP contribution in [0.25, 0.3) is 0 Å². The Kier molecular flexibility index (Phi) is 10.7. The predicted molar refractivity (Wildman–Crippen MR) is 79.5 cm³/mol. The SMILES string of the molecule is C=C.CCCCC(CCCC)c1ccccc1. The van der Waals surface area contributed by atoms with Gasteiger partial charge in [-0.15, -0.1) is 13.2 Å². The monoisotopic (exact) mass is 232 g/mol. The topological polar surface area (TPSA) is 0 Å². The van der Waals surface area contributed by atoms with Crippen LogP contribution >= 0.6 is 0 Å². The average molecular weight is 232 g/mol. The number of rotatable bonds is 7. The van der Waals surface area contributed by atoms with Crippen LogP contribution in [0.4, 0.5) is 0 Å². The summed E-state index contributed by atoms with van der Waals surface area (Å²) in [7, 11) is 0. The van der Waals surface area contributed by atoms with Gasteiger partial charge in [-0.2, -0.15) is 0 Å². The molecule has 0 fully saturated rings. The molecule has 1 aromatic carbocycles. The van der Waals surface area contributed by atoms with Crippen LogP contribution in [-0.4, -0.2) is 0 Å². The van der Waals surface area contributed by atoms with Crippen LogP contribution in [0.1, 0.15) is 63.9 Å². The molecule has 0 nitrogen and oxygen atoms in total. The molecular formula is C17H28. The van der Waals surface area contributed by atoms with Gasteiger partial charge in [0, 0.05) is 0 Å². The van der Waals surface area contributed by atoms with Crippen molar-refractivity contribution in [3.63, 3.8) is 0 Å². The van der Waals surface area contributed by atoms with Crippen LogP contribution in [0.5, 0.6) is 0 Å². The van der Waals surface area contributed by atoms with E-state index in [2.05, 4.69) is 57.3 Å². The van der Waals surface area contributed by atoms with Gasteiger partial charge in [0.15, 0.2) is 0 Å². The molecule has 0 radical (unpaired) electrons. The minimum absolute atomic E-state index is 0.797. The van der Waals surface area contributed by atoms with Gasteiger partial charge < -0.3 is 0 Å². The molecule has 0 atom stereocenters. The van der Waals surface area contributed by atoms with Crippen molar-refractivity contribution in [2.24, 2.45) is 0 Å². The van der Waals surface area contributed by atoms with E-state index in [1.807, 2.05) is 0 Å². The summed E-state index contributed by atoms with van der Waals surface area (Å²) in [4.78, 5) is 0. The van der Waals surface area contributed by atoms with Gasteiger partial charge in [0.05, 0.1) is 0 Å². The highest BCUT2D eigenvalue weighted by atomic mass is 14.1. The summed E-state index contributed by atoms with van der Waals surface area (Å²) in [5.41, 5.74) is 1.54. The minimum Gasteiger partial charge on any atom is -0.106 e. The molecule has 0 aliphatic heterocycles. The summed E-state index contributed by atoms with van der Waals surface area (Å²) in [6.45, 7) is 10.6. The molecule has 0 amide bonds. The highest BCUT2D eigenvalue weighted by molar-refractivity contribution is 5.19. The quantitative estimate of drug-likeness (QED) is 0.509. The van der Waals surface area contributed by atoms with Gasteiger partial charge in [-0.05, 0) is 24.3 Å². The van der Waals surface area contributed by atoms with Crippen molar-refractivity contribution in [1.82, 2.24) is 0 Å². The molecule has 0 aliphatic carbocycles. The lowest BCUT2D eigenvalue weighted by molar-refractivity contribution is 0.525. The minimum atomic E-state index is 0.797. The lowest BCUT2D eigenvalue weighted by atomic mass is 9.89. The van der Waals surface area contributed by atoms with Gasteiger partial charge in [-0.1, -0.05) is 69.9 Å². The molecule has 0 unspecified atom stereocenters. The molecule has 0 aromatic heterocycles. The van der Waals surface area contributed by atoms with Crippen molar-refractivity contribution in [3.8, 4) is 0 Å². The van der Waals surface area contributed by atoms with Gasteiger partial charge in [0.2, 0.25) is 0 Å². The summed E-state index contributed by atoms with van der Waals surface area (Å²) in [5.74, 6) is 0.797. The maximum Gasteiger partial charge on any atom is -0.0162 e. The normalized spacial score (nSPS) is 9.82. The Balaban J connectivity index is 0.00000121. The van der Waals surface area contributed by atoms with E-state index in [0.29, 0.717) is 0 Å². The van der Waals surface area contributed by atoms with E-state index < -0.39 is 0 Å². The zero-order valence-corrected chi connectivity index (χ0v) is 11.6. The van der Waals surface area contributed by atoms with Gasteiger partial charge in [0.1, 0.15) is 0 Å². The van der Waals surface area contributed by atoms with E-state index in [0.717, 1.165) is 5.92 Å². The first-order chi connectivity index (χ1) is 8.38. The van der Waals surface area contributed by atoms with E-state index >= 15 is 0 Å². The molecule has 17 heavy (non-hydrogen) atoms. The Morgan fingerprint density at radius 2 is 1.35 bits per heavy atom. The third-order valence-corrected chi connectivity index (χ3v) is 3.08. The van der Waals surface area contributed by atoms with Crippen molar-refractivity contribution in [1.29, 1.82) is 0 Å². The summed E-state index contributed by atoms with van der Waals surface area (Å²) in [6, 6.07) is 11.0. The van der Waals surface area contributed by atoms with Crippen molar-refractivity contribution < 1.29 is 0 Å². The fraction of sp³-hybridized carbons (Fsp3) is 0.529. The van der Waals surface area contributed by atoms with Gasteiger partial charge in [-0.25, -0.2) is 0 Å². The van der Waals surface area contributed by atoms with Crippen LogP contribution in [-0.2, 0) is 0 Å². The van der Waals surface area contributed by atoms with Gasteiger partial charge in [-0.3, -0.25) is 0 Å². The zero-order chi connectivity index (χ0) is 12.9. The first-order valence-electron chi connectivity index (χ1n) is 6.93. The predicted octanol–water partition coefficient (Wildman–Crippen LogP) is 5.95. The first kappa shape index (κ1) is 16.0. The van der Waals surface area contributed by atoms with Crippen LogP contribution in [0.3, 0.4) is 0 Å². The summed E-state index contributed by atoms with van der Waals surface area (Å²) >= 11 is 0. The van der Waals surface area contributed by atoms with Crippen LogP contribution in [0, 0.1) is 0 Å². The van der Waals surface area contributed by atoms with Crippen molar-refractivity contribution in [2.75, 3.05) is 0 Å². The molecule has 1 rings (SSSR count). The highest BCUT2D eigenvalue weighted by Crippen LogP contribution is 2.27.